The molecule has 0 aliphatic rings. The molecule has 0 saturated carbocycles. The van der Waals surface area contributed by atoms with E-state index in [0.29, 0.717) is 6.54 Å². The molecule has 1 atom stereocenters. The van der Waals surface area contributed by atoms with Crippen molar-refractivity contribution in [1.29, 1.82) is 0 Å². The second-order valence-electron chi connectivity index (χ2n) is 4.74. The maximum absolute atomic E-state index is 10.4. The van der Waals surface area contributed by atoms with E-state index >= 15 is 0 Å². The Balaban J connectivity index is 2.15. The lowest BCUT2D eigenvalue weighted by molar-refractivity contribution is -0.109. The lowest BCUT2D eigenvalue weighted by Gasteiger charge is -2.19. The van der Waals surface area contributed by atoms with E-state index in [4.69, 9.17) is 0 Å². The number of benzene rings is 1. The number of rotatable bonds is 6. The molecule has 0 aliphatic heterocycles. The normalized spacial score (nSPS) is 11.7. The molecule has 0 spiro atoms. The Bertz CT molecular complexity index is 569. The van der Waals surface area contributed by atoms with Crippen LogP contribution in [0.5, 0.6) is 0 Å². The third kappa shape index (κ3) is 3.35. The van der Waals surface area contributed by atoms with Gasteiger partial charge in [-0.25, -0.2) is 0 Å². The SMILES string of the molecule is Cc1c(CNC=O)cccc1NC(C)c1ccncc1. The number of anilines is 1. The second-order valence-corrected chi connectivity index (χ2v) is 4.74. The standard InChI is InChI=1S/C16H19N3O/c1-12-15(10-18-11-20)4-3-5-16(12)19-13(2)14-6-8-17-9-7-14/h3-9,11,13,19H,10H2,1-2H3,(H,18,20). The molecule has 1 unspecified atom stereocenters. The summed E-state index contributed by atoms with van der Waals surface area (Å²) in [5.41, 5.74) is 4.54. The topological polar surface area (TPSA) is 54.0 Å². The largest absolute Gasteiger partial charge is 0.378 e. The number of hydrogen-bond donors (Lipinski definition) is 2. The molecule has 2 N–H and O–H groups in total. The van der Waals surface area contributed by atoms with Gasteiger partial charge in [-0.3, -0.25) is 9.78 Å². The summed E-state index contributed by atoms with van der Waals surface area (Å²) in [4.78, 5) is 14.4. The highest BCUT2D eigenvalue weighted by molar-refractivity contribution is 5.56. The van der Waals surface area contributed by atoms with Crippen LogP contribution in [0.1, 0.15) is 29.7 Å². The molecule has 1 aromatic carbocycles. The van der Waals surface area contributed by atoms with Crippen molar-refractivity contribution in [3.8, 4) is 0 Å². The Morgan fingerprint density at radius 1 is 1.25 bits per heavy atom. The van der Waals surface area contributed by atoms with Crippen molar-refractivity contribution in [3.05, 3.63) is 59.4 Å². The van der Waals surface area contributed by atoms with Gasteiger partial charge in [0.15, 0.2) is 0 Å². The zero-order valence-electron chi connectivity index (χ0n) is 11.8. The van der Waals surface area contributed by atoms with E-state index in [1.54, 1.807) is 12.4 Å². The first-order valence-electron chi connectivity index (χ1n) is 6.64. The third-order valence-corrected chi connectivity index (χ3v) is 3.40. The van der Waals surface area contributed by atoms with Crippen molar-refractivity contribution < 1.29 is 4.79 Å². The van der Waals surface area contributed by atoms with Gasteiger partial charge in [-0.1, -0.05) is 12.1 Å². The molecule has 4 heteroatoms. The molecule has 4 nitrogen and oxygen atoms in total. The van der Waals surface area contributed by atoms with Gasteiger partial charge in [0.2, 0.25) is 6.41 Å². The summed E-state index contributed by atoms with van der Waals surface area (Å²) >= 11 is 0. The molecule has 20 heavy (non-hydrogen) atoms. The van der Waals surface area contributed by atoms with Gasteiger partial charge in [0.25, 0.3) is 0 Å². The molecule has 0 aliphatic carbocycles. The molecule has 0 fully saturated rings. The first-order chi connectivity index (χ1) is 9.72. The maximum atomic E-state index is 10.4. The minimum atomic E-state index is 0.200. The summed E-state index contributed by atoms with van der Waals surface area (Å²) in [5, 5.41) is 6.20. The van der Waals surface area contributed by atoms with Crippen LogP contribution in [0.15, 0.2) is 42.7 Å². The Hall–Kier alpha value is -2.36. The lowest BCUT2D eigenvalue weighted by Crippen LogP contribution is -2.13. The zero-order chi connectivity index (χ0) is 14.4. The van der Waals surface area contributed by atoms with Crippen LogP contribution in [-0.4, -0.2) is 11.4 Å². The average Bonchev–Trinajstić information content (AvgIpc) is 2.49. The highest BCUT2D eigenvalue weighted by Gasteiger charge is 2.08. The fraction of sp³-hybridized carbons (Fsp3) is 0.250. The molecule has 1 heterocycles. The van der Waals surface area contributed by atoms with Crippen LogP contribution in [0.25, 0.3) is 0 Å². The van der Waals surface area contributed by atoms with E-state index in [-0.39, 0.29) is 6.04 Å². The molecule has 2 aromatic rings. The van der Waals surface area contributed by atoms with Crippen LogP contribution in [-0.2, 0) is 11.3 Å². The van der Waals surface area contributed by atoms with Crippen LogP contribution in [0, 0.1) is 6.92 Å². The number of amides is 1. The summed E-state index contributed by atoms with van der Waals surface area (Å²) in [6.45, 7) is 4.73. The first-order valence-corrected chi connectivity index (χ1v) is 6.64. The number of carbonyl (C=O) groups excluding carboxylic acids is 1. The van der Waals surface area contributed by atoms with Crippen molar-refractivity contribution in [2.24, 2.45) is 0 Å². The lowest BCUT2D eigenvalue weighted by atomic mass is 10.0. The maximum Gasteiger partial charge on any atom is 0.207 e. The molecule has 1 aromatic heterocycles. The van der Waals surface area contributed by atoms with Gasteiger partial charge in [0.05, 0.1) is 0 Å². The molecular formula is C16H19N3O. The van der Waals surface area contributed by atoms with Crippen LogP contribution >= 0.6 is 0 Å². The van der Waals surface area contributed by atoms with E-state index in [1.807, 2.05) is 24.3 Å². The van der Waals surface area contributed by atoms with Gasteiger partial charge < -0.3 is 10.6 Å². The quantitative estimate of drug-likeness (QED) is 0.793. The van der Waals surface area contributed by atoms with E-state index in [2.05, 4.69) is 35.5 Å². The van der Waals surface area contributed by atoms with E-state index in [9.17, 15) is 4.79 Å². The van der Waals surface area contributed by atoms with Crippen molar-refractivity contribution in [3.63, 3.8) is 0 Å². The first kappa shape index (κ1) is 14.1. The summed E-state index contributed by atoms with van der Waals surface area (Å²) in [5.74, 6) is 0. The van der Waals surface area contributed by atoms with E-state index < -0.39 is 0 Å². The Morgan fingerprint density at radius 3 is 2.70 bits per heavy atom. The molecule has 2 rings (SSSR count). The van der Waals surface area contributed by atoms with Crippen LogP contribution in [0.4, 0.5) is 5.69 Å². The van der Waals surface area contributed by atoms with Crippen LogP contribution < -0.4 is 10.6 Å². The second kappa shape index (κ2) is 6.70. The summed E-state index contributed by atoms with van der Waals surface area (Å²) in [6.07, 6.45) is 4.31. The Morgan fingerprint density at radius 2 is 2.00 bits per heavy atom. The van der Waals surface area contributed by atoms with E-state index in [1.165, 1.54) is 5.56 Å². The summed E-state index contributed by atoms with van der Waals surface area (Å²) in [6, 6.07) is 10.3. The average molecular weight is 269 g/mol. The number of nitrogens with one attached hydrogen (secondary N) is 2. The zero-order valence-corrected chi connectivity index (χ0v) is 11.8. The fourth-order valence-corrected chi connectivity index (χ4v) is 2.15. The number of nitrogens with zero attached hydrogens (tertiary/aromatic N) is 1. The number of hydrogen-bond acceptors (Lipinski definition) is 3. The number of carbonyl (C=O) groups is 1. The van der Waals surface area contributed by atoms with Gasteiger partial charge in [0.1, 0.15) is 0 Å². The predicted molar refractivity (Wildman–Crippen MR) is 80.4 cm³/mol. The fourth-order valence-electron chi connectivity index (χ4n) is 2.15. The van der Waals surface area contributed by atoms with Crippen LogP contribution in [0.2, 0.25) is 0 Å². The number of pyridine rings is 1. The molecular weight excluding hydrogens is 250 g/mol. The Kier molecular flexibility index (Phi) is 4.71. The van der Waals surface area contributed by atoms with Gasteiger partial charge in [0, 0.05) is 30.7 Å². The van der Waals surface area contributed by atoms with Crippen molar-refractivity contribution in [2.75, 3.05) is 5.32 Å². The highest BCUT2D eigenvalue weighted by atomic mass is 16.1. The van der Waals surface area contributed by atoms with Crippen molar-refractivity contribution in [1.82, 2.24) is 10.3 Å². The van der Waals surface area contributed by atoms with Gasteiger partial charge in [-0.05, 0) is 48.7 Å². The van der Waals surface area contributed by atoms with Gasteiger partial charge in [-0.15, -0.1) is 0 Å². The molecule has 1 amide bonds. The molecule has 104 valence electrons. The van der Waals surface area contributed by atoms with Gasteiger partial charge in [-0.2, -0.15) is 0 Å². The van der Waals surface area contributed by atoms with E-state index in [0.717, 1.165) is 23.2 Å². The smallest absolute Gasteiger partial charge is 0.207 e. The van der Waals surface area contributed by atoms with Crippen LogP contribution in [0.3, 0.4) is 0 Å². The highest BCUT2D eigenvalue weighted by Crippen LogP contribution is 2.24. The Labute approximate surface area is 119 Å². The third-order valence-electron chi connectivity index (χ3n) is 3.40. The molecule has 0 bridgehead atoms. The minimum absolute atomic E-state index is 0.200. The van der Waals surface area contributed by atoms with Crippen molar-refractivity contribution in [2.45, 2.75) is 26.4 Å². The minimum Gasteiger partial charge on any atom is -0.378 e. The van der Waals surface area contributed by atoms with Gasteiger partial charge >= 0.3 is 0 Å². The molecule has 0 radical (unpaired) electrons. The monoisotopic (exact) mass is 269 g/mol. The van der Waals surface area contributed by atoms with Crippen molar-refractivity contribution >= 4 is 12.1 Å². The predicted octanol–water partition coefficient (Wildman–Crippen LogP) is 2.81. The summed E-state index contributed by atoms with van der Waals surface area (Å²) < 4.78 is 0. The summed E-state index contributed by atoms with van der Waals surface area (Å²) in [7, 11) is 0. The number of aromatic nitrogens is 1. The molecule has 0 saturated heterocycles.